The molecule has 24 heavy (non-hydrogen) atoms. The van der Waals surface area contributed by atoms with Crippen LogP contribution in [-0.2, 0) is 4.79 Å². The molecule has 1 heterocycles. The number of nitrogens with zero attached hydrogens (tertiary/aromatic N) is 1. The number of halogens is 1. The molecule has 1 saturated heterocycles. The topological polar surface area (TPSA) is 29.5 Å². The van der Waals surface area contributed by atoms with Gasteiger partial charge < -0.3 is 9.64 Å². The fourth-order valence-electron chi connectivity index (χ4n) is 4.27. The molecule has 1 saturated carbocycles. The lowest BCUT2D eigenvalue weighted by Gasteiger charge is -2.55. The van der Waals surface area contributed by atoms with Crippen LogP contribution >= 0.6 is 15.9 Å². The summed E-state index contributed by atoms with van der Waals surface area (Å²) >= 11 is 3.47. The van der Waals surface area contributed by atoms with E-state index >= 15 is 0 Å². The maximum absolute atomic E-state index is 13.1. The summed E-state index contributed by atoms with van der Waals surface area (Å²) in [6.45, 7) is 0. The van der Waals surface area contributed by atoms with Gasteiger partial charge in [0, 0.05) is 10.2 Å². The van der Waals surface area contributed by atoms with E-state index in [1.54, 1.807) is 7.11 Å². The molecule has 0 unspecified atom stereocenters. The molecule has 1 aliphatic heterocycles. The first-order valence-corrected chi connectivity index (χ1v) is 9.18. The summed E-state index contributed by atoms with van der Waals surface area (Å²) in [6.07, 6.45) is 4.28. The van der Waals surface area contributed by atoms with E-state index in [9.17, 15) is 4.79 Å². The number of carbonyl (C=O) groups excluding carboxylic acids is 1. The Morgan fingerprint density at radius 2 is 1.67 bits per heavy atom. The fraction of sp³-hybridized carbons (Fsp3) is 0.350. The summed E-state index contributed by atoms with van der Waals surface area (Å²) in [7, 11) is 1.68. The summed E-state index contributed by atoms with van der Waals surface area (Å²) in [6, 6.07) is 16.3. The van der Waals surface area contributed by atoms with Crippen LogP contribution in [0.5, 0.6) is 5.75 Å². The van der Waals surface area contributed by atoms with Crippen LogP contribution in [0.3, 0.4) is 0 Å². The molecule has 0 N–H and O–H groups in total. The Balaban J connectivity index is 1.74. The predicted molar refractivity (Wildman–Crippen MR) is 98.3 cm³/mol. The molecule has 1 amide bonds. The molecule has 0 radical (unpaired) electrons. The molecule has 124 valence electrons. The van der Waals surface area contributed by atoms with E-state index in [4.69, 9.17) is 4.74 Å². The van der Waals surface area contributed by atoms with Crippen LogP contribution in [0.2, 0.25) is 0 Å². The maximum Gasteiger partial charge on any atom is 0.236 e. The molecular formula is C20H20BrNO2. The molecular weight excluding hydrogens is 366 g/mol. The van der Waals surface area contributed by atoms with Crippen molar-refractivity contribution < 1.29 is 9.53 Å². The SMILES string of the molecule is COc1ccc([C@H]2N(c3ccc(Br)cc3)C(=O)C23CCCC3)cc1. The number of ether oxygens (including phenoxy) is 1. The summed E-state index contributed by atoms with van der Waals surface area (Å²) < 4.78 is 6.30. The van der Waals surface area contributed by atoms with Crippen LogP contribution in [0.25, 0.3) is 0 Å². The molecule has 1 aliphatic carbocycles. The van der Waals surface area contributed by atoms with Gasteiger partial charge in [-0.3, -0.25) is 4.79 Å². The molecule has 2 aliphatic rings. The van der Waals surface area contributed by atoms with Gasteiger partial charge in [0.2, 0.25) is 5.91 Å². The standard InChI is InChI=1S/C20H20BrNO2/c1-24-17-10-4-14(5-11-17)18-20(12-2-3-13-20)19(23)22(18)16-8-6-15(21)7-9-16/h4-11,18H,2-3,12-13H2,1H3/t18-/m1/s1. The van der Waals surface area contributed by atoms with E-state index in [2.05, 4.69) is 28.1 Å². The highest BCUT2D eigenvalue weighted by molar-refractivity contribution is 9.10. The van der Waals surface area contributed by atoms with Gasteiger partial charge in [0.05, 0.1) is 18.6 Å². The Kier molecular flexibility index (Phi) is 3.87. The second-order valence-corrected chi connectivity index (χ2v) is 7.61. The third-order valence-electron chi connectivity index (χ3n) is 5.46. The molecule has 2 aromatic rings. The zero-order valence-electron chi connectivity index (χ0n) is 13.7. The quantitative estimate of drug-likeness (QED) is 0.687. The van der Waals surface area contributed by atoms with E-state index < -0.39 is 0 Å². The second kappa shape index (κ2) is 5.92. The van der Waals surface area contributed by atoms with Gasteiger partial charge in [-0.2, -0.15) is 0 Å². The number of hydrogen-bond donors (Lipinski definition) is 0. The van der Waals surface area contributed by atoms with E-state index in [0.717, 1.165) is 41.6 Å². The molecule has 0 bridgehead atoms. The highest BCUT2D eigenvalue weighted by Crippen LogP contribution is 2.60. The molecule has 2 fully saturated rings. The number of carbonyl (C=O) groups is 1. The zero-order valence-corrected chi connectivity index (χ0v) is 15.3. The number of hydrogen-bond acceptors (Lipinski definition) is 2. The first kappa shape index (κ1) is 15.7. The van der Waals surface area contributed by atoms with E-state index in [1.165, 1.54) is 5.56 Å². The Morgan fingerprint density at radius 3 is 2.25 bits per heavy atom. The van der Waals surface area contributed by atoms with Gasteiger partial charge in [0.25, 0.3) is 0 Å². The van der Waals surface area contributed by atoms with Gasteiger partial charge in [-0.05, 0) is 54.8 Å². The normalized spacial score (nSPS) is 21.8. The van der Waals surface area contributed by atoms with Crippen molar-refractivity contribution in [1.82, 2.24) is 0 Å². The molecule has 1 spiro atoms. The van der Waals surface area contributed by atoms with Crippen LogP contribution in [0.1, 0.15) is 37.3 Å². The van der Waals surface area contributed by atoms with E-state index in [-0.39, 0.29) is 17.4 Å². The minimum atomic E-state index is -0.207. The highest BCUT2D eigenvalue weighted by atomic mass is 79.9. The van der Waals surface area contributed by atoms with Crippen LogP contribution in [0.4, 0.5) is 5.69 Å². The van der Waals surface area contributed by atoms with Crippen molar-refractivity contribution in [3.05, 3.63) is 58.6 Å². The molecule has 1 atom stereocenters. The van der Waals surface area contributed by atoms with Crippen LogP contribution < -0.4 is 9.64 Å². The molecule has 0 aromatic heterocycles. The number of anilines is 1. The summed E-state index contributed by atoms with van der Waals surface area (Å²) in [5.74, 6) is 1.13. The monoisotopic (exact) mass is 385 g/mol. The fourth-order valence-corrected chi connectivity index (χ4v) is 4.53. The third kappa shape index (κ3) is 2.27. The van der Waals surface area contributed by atoms with Crippen molar-refractivity contribution in [3.63, 3.8) is 0 Å². The van der Waals surface area contributed by atoms with Gasteiger partial charge in [0.15, 0.2) is 0 Å². The first-order valence-electron chi connectivity index (χ1n) is 8.39. The average molecular weight is 386 g/mol. The minimum absolute atomic E-state index is 0.125. The number of amides is 1. The van der Waals surface area contributed by atoms with Crippen molar-refractivity contribution in [1.29, 1.82) is 0 Å². The van der Waals surface area contributed by atoms with Crippen LogP contribution in [0, 0.1) is 5.41 Å². The van der Waals surface area contributed by atoms with Gasteiger partial charge >= 0.3 is 0 Å². The number of β-lactam (4-membered cyclic amide) rings is 1. The Morgan fingerprint density at radius 1 is 1.04 bits per heavy atom. The van der Waals surface area contributed by atoms with Crippen molar-refractivity contribution in [2.24, 2.45) is 5.41 Å². The number of methoxy groups -OCH3 is 1. The van der Waals surface area contributed by atoms with E-state index in [0.29, 0.717) is 0 Å². The highest BCUT2D eigenvalue weighted by Gasteiger charge is 2.62. The van der Waals surface area contributed by atoms with Crippen molar-refractivity contribution in [2.45, 2.75) is 31.7 Å². The lowest BCUT2D eigenvalue weighted by molar-refractivity contribution is -0.139. The Hall–Kier alpha value is -1.81. The first-order chi connectivity index (χ1) is 11.7. The average Bonchev–Trinajstić information content (AvgIpc) is 3.13. The third-order valence-corrected chi connectivity index (χ3v) is 5.99. The van der Waals surface area contributed by atoms with Gasteiger partial charge in [0.1, 0.15) is 5.75 Å². The Bertz CT molecular complexity index is 748. The molecule has 4 heteroatoms. The van der Waals surface area contributed by atoms with Gasteiger partial charge in [-0.1, -0.05) is 40.9 Å². The van der Waals surface area contributed by atoms with Crippen LogP contribution in [0.15, 0.2) is 53.0 Å². The molecule has 4 rings (SSSR count). The number of benzene rings is 2. The molecule has 2 aromatic carbocycles. The lowest BCUT2D eigenvalue weighted by atomic mass is 9.66. The minimum Gasteiger partial charge on any atom is -0.497 e. The smallest absolute Gasteiger partial charge is 0.236 e. The van der Waals surface area contributed by atoms with Crippen molar-refractivity contribution in [3.8, 4) is 5.75 Å². The Labute approximate surface area is 150 Å². The van der Waals surface area contributed by atoms with Crippen LogP contribution in [-0.4, -0.2) is 13.0 Å². The largest absolute Gasteiger partial charge is 0.497 e. The lowest BCUT2D eigenvalue weighted by Crippen LogP contribution is -2.62. The van der Waals surface area contributed by atoms with Crippen molar-refractivity contribution >= 4 is 27.5 Å². The zero-order chi connectivity index (χ0) is 16.7. The van der Waals surface area contributed by atoms with Gasteiger partial charge in [-0.15, -0.1) is 0 Å². The summed E-state index contributed by atoms with van der Waals surface area (Å²) in [5, 5.41) is 0. The molecule has 3 nitrogen and oxygen atoms in total. The maximum atomic E-state index is 13.1. The van der Waals surface area contributed by atoms with E-state index in [1.807, 2.05) is 41.3 Å². The second-order valence-electron chi connectivity index (χ2n) is 6.69. The van der Waals surface area contributed by atoms with Crippen molar-refractivity contribution in [2.75, 3.05) is 12.0 Å². The summed E-state index contributed by atoms with van der Waals surface area (Å²) in [5.41, 5.74) is 1.96. The van der Waals surface area contributed by atoms with Gasteiger partial charge in [-0.25, -0.2) is 0 Å². The summed E-state index contributed by atoms with van der Waals surface area (Å²) in [4.78, 5) is 15.0. The predicted octanol–water partition coefficient (Wildman–Crippen LogP) is 5.11. The number of rotatable bonds is 3.